The van der Waals surface area contributed by atoms with Crippen molar-refractivity contribution in [2.45, 2.75) is 19.4 Å². The van der Waals surface area contributed by atoms with Gasteiger partial charge in [-0.05, 0) is 11.6 Å². The van der Waals surface area contributed by atoms with E-state index in [1.807, 2.05) is 36.6 Å². The molecule has 8 heteroatoms. The lowest BCUT2D eigenvalue weighted by molar-refractivity contribution is 0.251. The largest absolute Gasteiger partial charge is 0.337 e. The lowest BCUT2D eigenvalue weighted by atomic mass is 10.2. The molecule has 0 radical (unpaired) electrons. The average Bonchev–Trinajstić information content (AvgIpc) is 3.28. The summed E-state index contributed by atoms with van der Waals surface area (Å²) in [4.78, 5) is 20.4. The summed E-state index contributed by atoms with van der Waals surface area (Å²) >= 11 is 1.59. The minimum Gasteiger partial charge on any atom is -0.337 e. The third kappa shape index (κ3) is 4.17. The highest BCUT2D eigenvalue weighted by Crippen LogP contribution is 2.17. The first-order valence-corrected chi connectivity index (χ1v) is 8.45. The van der Waals surface area contributed by atoms with E-state index in [0.29, 0.717) is 13.1 Å². The summed E-state index contributed by atoms with van der Waals surface area (Å²) in [5.41, 5.74) is 1.72. The zero-order chi connectivity index (χ0) is 16.8. The molecule has 0 bridgehead atoms. The van der Waals surface area contributed by atoms with E-state index in [1.54, 1.807) is 28.5 Å². The Kier molecular flexibility index (Phi) is 5.17. The summed E-state index contributed by atoms with van der Waals surface area (Å²) in [5.74, 6) is 0.182. The molecule has 0 spiro atoms. The van der Waals surface area contributed by atoms with Crippen LogP contribution in [0.2, 0.25) is 0 Å². The predicted molar refractivity (Wildman–Crippen MR) is 93.1 cm³/mol. The highest BCUT2D eigenvalue weighted by molar-refractivity contribution is 7.09. The number of para-hydroxylation sites is 1. The Balaban J connectivity index is 1.58. The Labute approximate surface area is 143 Å². The highest BCUT2D eigenvalue weighted by Gasteiger charge is 2.11. The Morgan fingerprint density at radius 1 is 1.38 bits per heavy atom. The standard InChI is InChI=1S/C16H18N6OS/c1-12(15-18-6-7-24-15)8-19-16(23)21-14-5-3-2-4-13(14)9-22-11-17-10-20-22/h2-7,10-12H,8-9H2,1H3,(H2,19,21,23). The van der Waals surface area contributed by atoms with Gasteiger partial charge in [-0.15, -0.1) is 11.3 Å². The van der Waals surface area contributed by atoms with Gasteiger partial charge in [0, 0.05) is 29.7 Å². The molecule has 2 amide bonds. The lowest BCUT2D eigenvalue weighted by Gasteiger charge is -2.13. The maximum Gasteiger partial charge on any atom is 0.319 e. The van der Waals surface area contributed by atoms with Crippen LogP contribution in [0.15, 0.2) is 48.5 Å². The molecule has 24 heavy (non-hydrogen) atoms. The first-order valence-electron chi connectivity index (χ1n) is 7.57. The van der Waals surface area contributed by atoms with Gasteiger partial charge in [0.05, 0.1) is 11.6 Å². The number of urea groups is 1. The quantitative estimate of drug-likeness (QED) is 0.721. The number of anilines is 1. The van der Waals surface area contributed by atoms with Crippen molar-refractivity contribution in [2.24, 2.45) is 0 Å². The van der Waals surface area contributed by atoms with E-state index < -0.39 is 0 Å². The highest BCUT2D eigenvalue weighted by atomic mass is 32.1. The number of benzene rings is 1. The van der Waals surface area contributed by atoms with Crippen molar-refractivity contribution in [1.82, 2.24) is 25.1 Å². The minimum atomic E-state index is -0.232. The third-order valence-electron chi connectivity index (χ3n) is 3.51. The molecule has 2 aromatic heterocycles. The summed E-state index contributed by atoms with van der Waals surface area (Å²) in [5, 5.41) is 12.8. The number of rotatable bonds is 6. The normalized spacial score (nSPS) is 11.9. The molecule has 0 aliphatic heterocycles. The molecule has 1 aromatic carbocycles. The number of nitrogens with one attached hydrogen (secondary N) is 2. The van der Waals surface area contributed by atoms with E-state index in [9.17, 15) is 4.79 Å². The van der Waals surface area contributed by atoms with Gasteiger partial charge >= 0.3 is 6.03 Å². The minimum absolute atomic E-state index is 0.182. The molecule has 0 aliphatic rings. The van der Waals surface area contributed by atoms with Crippen molar-refractivity contribution in [3.05, 3.63) is 59.1 Å². The van der Waals surface area contributed by atoms with E-state index in [0.717, 1.165) is 16.3 Å². The Morgan fingerprint density at radius 3 is 3.00 bits per heavy atom. The molecule has 7 nitrogen and oxygen atoms in total. The zero-order valence-corrected chi connectivity index (χ0v) is 14.0. The van der Waals surface area contributed by atoms with Crippen LogP contribution in [-0.4, -0.2) is 32.3 Å². The summed E-state index contributed by atoms with van der Waals surface area (Å²) in [6, 6.07) is 7.41. The van der Waals surface area contributed by atoms with Crippen LogP contribution in [0.1, 0.15) is 23.4 Å². The van der Waals surface area contributed by atoms with Crippen molar-refractivity contribution in [3.8, 4) is 0 Å². The summed E-state index contributed by atoms with van der Waals surface area (Å²) < 4.78 is 1.71. The zero-order valence-electron chi connectivity index (χ0n) is 13.2. The van der Waals surface area contributed by atoms with E-state index in [4.69, 9.17) is 0 Å². The first-order chi connectivity index (χ1) is 11.7. The number of hydrogen-bond donors (Lipinski definition) is 2. The SMILES string of the molecule is CC(CNC(=O)Nc1ccccc1Cn1cncn1)c1nccs1. The van der Waals surface area contributed by atoms with Gasteiger partial charge in [-0.25, -0.2) is 19.4 Å². The first kappa shape index (κ1) is 16.1. The molecular formula is C16H18N6OS. The average molecular weight is 342 g/mol. The van der Waals surface area contributed by atoms with Crippen LogP contribution in [0, 0.1) is 0 Å². The molecule has 2 heterocycles. The van der Waals surface area contributed by atoms with Crippen molar-refractivity contribution < 1.29 is 4.79 Å². The van der Waals surface area contributed by atoms with E-state index in [-0.39, 0.29) is 11.9 Å². The number of carbonyl (C=O) groups is 1. The Bertz CT molecular complexity index is 772. The van der Waals surface area contributed by atoms with Gasteiger partial charge < -0.3 is 10.6 Å². The van der Waals surface area contributed by atoms with Crippen LogP contribution in [0.4, 0.5) is 10.5 Å². The summed E-state index contributed by atoms with van der Waals surface area (Å²) in [6.45, 7) is 3.12. The fraction of sp³-hybridized carbons (Fsp3) is 0.250. The fourth-order valence-electron chi connectivity index (χ4n) is 2.25. The molecular weight excluding hydrogens is 324 g/mol. The van der Waals surface area contributed by atoms with Crippen molar-refractivity contribution in [1.29, 1.82) is 0 Å². The van der Waals surface area contributed by atoms with E-state index in [1.165, 1.54) is 6.33 Å². The molecule has 3 aromatic rings. The molecule has 0 saturated heterocycles. The Morgan fingerprint density at radius 2 is 2.25 bits per heavy atom. The summed E-state index contributed by atoms with van der Waals surface area (Å²) in [6.07, 6.45) is 4.91. The maximum atomic E-state index is 12.2. The van der Waals surface area contributed by atoms with Crippen LogP contribution < -0.4 is 10.6 Å². The second-order valence-electron chi connectivity index (χ2n) is 5.36. The van der Waals surface area contributed by atoms with Gasteiger partial charge in [0.1, 0.15) is 12.7 Å². The van der Waals surface area contributed by atoms with Crippen LogP contribution >= 0.6 is 11.3 Å². The van der Waals surface area contributed by atoms with Crippen LogP contribution in [-0.2, 0) is 6.54 Å². The van der Waals surface area contributed by atoms with Crippen LogP contribution in [0.5, 0.6) is 0 Å². The Hall–Kier alpha value is -2.74. The van der Waals surface area contributed by atoms with Gasteiger partial charge in [0.15, 0.2) is 0 Å². The van der Waals surface area contributed by atoms with Gasteiger partial charge in [0.2, 0.25) is 0 Å². The van der Waals surface area contributed by atoms with Gasteiger partial charge in [-0.3, -0.25) is 0 Å². The van der Waals surface area contributed by atoms with E-state index >= 15 is 0 Å². The topological polar surface area (TPSA) is 84.7 Å². The van der Waals surface area contributed by atoms with Crippen LogP contribution in [0.25, 0.3) is 0 Å². The number of nitrogens with zero attached hydrogens (tertiary/aromatic N) is 4. The number of aromatic nitrogens is 4. The van der Waals surface area contributed by atoms with Gasteiger partial charge in [0.25, 0.3) is 0 Å². The van der Waals surface area contributed by atoms with Gasteiger partial charge in [-0.2, -0.15) is 5.10 Å². The third-order valence-corrected chi connectivity index (χ3v) is 4.51. The van der Waals surface area contributed by atoms with Crippen molar-refractivity contribution in [3.63, 3.8) is 0 Å². The lowest BCUT2D eigenvalue weighted by Crippen LogP contribution is -2.32. The van der Waals surface area contributed by atoms with Crippen LogP contribution in [0.3, 0.4) is 0 Å². The maximum absolute atomic E-state index is 12.2. The molecule has 1 atom stereocenters. The van der Waals surface area contributed by atoms with E-state index in [2.05, 4.69) is 25.7 Å². The van der Waals surface area contributed by atoms with Crippen molar-refractivity contribution in [2.75, 3.05) is 11.9 Å². The molecule has 0 saturated carbocycles. The predicted octanol–water partition coefficient (Wildman–Crippen LogP) is 2.71. The molecule has 0 fully saturated rings. The number of hydrogen-bond acceptors (Lipinski definition) is 5. The molecule has 1 unspecified atom stereocenters. The smallest absolute Gasteiger partial charge is 0.319 e. The van der Waals surface area contributed by atoms with Gasteiger partial charge in [-0.1, -0.05) is 25.1 Å². The number of thiazole rings is 1. The molecule has 3 rings (SSSR count). The molecule has 0 aliphatic carbocycles. The monoisotopic (exact) mass is 342 g/mol. The van der Waals surface area contributed by atoms with Crippen molar-refractivity contribution >= 4 is 23.1 Å². The second-order valence-corrected chi connectivity index (χ2v) is 6.28. The molecule has 124 valence electrons. The number of amides is 2. The summed E-state index contributed by atoms with van der Waals surface area (Å²) in [7, 11) is 0. The fourth-order valence-corrected chi connectivity index (χ4v) is 2.94. The number of carbonyl (C=O) groups excluding carboxylic acids is 1. The second kappa shape index (κ2) is 7.69. The molecule has 2 N–H and O–H groups in total.